The van der Waals surface area contributed by atoms with Crippen LogP contribution in [0.15, 0.2) is 22.9 Å². The fourth-order valence-electron chi connectivity index (χ4n) is 2.65. The Morgan fingerprint density at radius 2 is 2.10 bits per heavy atom. The van der Waals surface area contributed by atoms with Crippen LogP contribution in [0.3, 0.4) is 0 Å². The molecule has 0 aromatic carbocycles. The van der Waals surface area contributed by atoms with Crippen molar-refractivity contribution in [2.75, 3.05) is 0 Å². The topological polar surface area (TPSA) is 55.9 Å². The molecule has 1 N–H and O–H groups in total. The quantitative estimate of drug-likeness (QED) is 0.918. The van der Waals surface area contributed by atoms with Crippen LogP contribution in [-0.4, -0.2) is 14.8 Å². The van der Waals surface area contributed by atoms with Gasteiger partial charge in [-0.05, 0) is 45.2 Å². The summed E-state index contributed by atoms with van der Waals surface area (Å²) in [7, 11) is 0. The summed E-state index contributed by atoms with van der Waals surface area (Å²) in [6.07, 6.45) is 2.87. The number of nitrogens with one attached hydrogen (secondary N) is 1. The molecule has 114 valence electrons. The molecule has 0 aliphatic heterocycles. The number of hydrogen-bond acceptors (Lipinski definition) is 4. The van der Waals surface area contributed by atoms with Crippen LogP contribution >= 0.6 is 0 Å². The summed E-state index contributed by atoms with van der Waals surface area (Å²) in [5, 5.41) is 7.68. The summed E-state index contributed by atoms with van der Waals surface area (Å²) >= 11 is 0. The fourth-order valence-corrected chi connectivity index (χ4v) is 2.65. The highest BCUT2D eigenvalue weighted by atomic mass is 16.3. The van der Waals surface area contributed by atoms with E-state index in [0.29, 0.717) is 12.5 Å². The van der Waals surface area contributed by atoms with Crippen LogP contribution in [0.1, 0.15) is 57.4 Å². The third-order valence-electron chi connectivity index (χ3n) is 3.99. The van der Waals surface area contributed by atoms with Gasteiger partial charge in [-0.3, -0.25) is 0 Å². The summed E-state index contributed by atoms with van der Waals surface area (Å²) in [6.45, 7) is 10.1. The lowest BCUT2D eigenvalue weighted by molar-refractivity contribution is 0.336. The van der Waals surface area contributed by atoms with Gasteiger partial charge in [-0.25, -0.2) is 9.67 Å². The minimum Gasteiger partial charge on any atom is -0.464 e. The second-order valence-corrected chi connectivity index (χ2v) is 6.99. The average molecular weight is 288 g/mol. The molecule has 3 rings (SSSR count). The van der Waals surface area contributed by atoms with Crippen LogP contribution in [0, 0.1) is 5.92 Å². The fraction of sp³-hybridized carbons (Fsp3) is 0.625. The molecule has 2 atom stereocenters. The number of furan rings is 1. The van der Waals surface area contributed by atoms with Crippen LogP contribution in [0.4, 0.5) is 0 Å². The van der Waals surface area contributed by atoms with Crippen molar-refractivity contribution in [2.24, 2.45) is 5.92 Å². The monoisotopic (exact) mass is 288 g/mol. The zero-order valence-corrected chi connectivity index (χ0v) is 13.3. The van der Waals surface area contributed by atoms with E-state index in [9.17, 15) is 0 Å². The Morgan fingerprint density at radius 3 is 2.76 bits per heavy atom. The van der Waals surface area contributed by atoms with Crippen LogP contribution in [0.25, 0.3) is 0 Å². The van der Waals surface area contributed by atoms with Gasteiger partial charge in [0.25, 0.3) is 0 Å². The van der Waals surface area contributed by atoms with Crippen LogP contribution in [0.2, 0.25) is 0 Å². The first-order chi connectivity index (χ1) is 9.95. The van der Waals surface area contributed by atoms with E-state index in [-0.39, 0.29) is 5.54 Å². The first-order valence-corrected chi connectivity index (χ1v) is 7.64. The van der Waals surface area contributed by atoms with Crippen molar-refractivity contribution in [1.29, 1.82) is 0 Å². The summed E-state index contributed by atoms with van der Waals surface area (Å²) in [4.78, 5) is 4.33. The molecule has 1 fully saturated rings. The molecular weight excluding hydrogens is 264 g/mol. The maximum atomic E-state index is 5.89. The number of rotatable bonds is 5. The minimum absolute atomic E-state index is 0.0481. The van der Waals surface area contributed by atoms with Gasteiger partial charge in [0.15, 0.2) is 0 Å². The highest BCUT2D eigenvalue weighted by Gasteiger charge is 2.36. The molecule has 1 aliphatic carbocycles. The van der Waals surface area contributed by atoms with E-state index >= 15 is 0 Å². The van der Waals surface area contributed by atoms with E-state index in [1.165, 1.54) is 6.42 Å². The van der Waals surface area contributed by atoms with Gasteiger partial charge in [0, 0.05) is 5.92 Å². The lowest BCUT2D eigenvalue weighted by atomic mass is 10.1. The largest absolute Gasteiger partial charge is 0.464 e. The molecule has 1 aliphatic rings. The molecule has 2 unspecified atom stereocenters. The van der Waals surface area contributed by atoms with Crippen molar-refractivity contribution in [2.45, 2.75) is 58.7 Å². The van der Waals surface area contributed by atoms with Crippen LogP contribution in [0.5, 0.6) is 0 Å². The van der Waals surface area contributed by atoms with Crippen molar-refractivity contribution in [1.82, 2.24) is 20.1 Å². The van der Waals surface area contributed by atoms with Gasteiger partial charge >= 0.3 is 0 Å². The highest BCUT2D eigenvalue weighted by Crippen LogP contribution is 2.47. The van der Waals surface area contributed by atoms with Crippen molar-refractivity contribution in [3.63, 3.8) is 0 Å². The maximum absolute atomic E-state index is 5.89. The van der Waals surface area contributed by atoms with Crippen molar-refractivity contribution < 1.29 is 4.42 Å². The van der Waals surface area contributed by atoms with Gasteiger partial charge < -0.3 is 9.73 Å². The zero-order valence-electron chi connectivity index (χ0n) is 13.3. The van der Waals surface area contributed by atoms with Crippen molar-refractivity contribution in [3.8, 4) is 0 Å². The first-order valence-electron chi connectivity index (χ1n) is 7.64. The normalized spacial score (nSPS) is 21.7. The Kier molecular flexibility index (Phi) is 3.61. The van der Waals surface area contributed by atoms with Gasteiger partial charge in [0.05, 0.1) is 18.6 Å². The van der Waals surface area contributed by atoms with Gasteiger partial charge in [0.2, 0.25) is 0 Å². The van der Waals surface area contributed by atoms with E-state index in [2.05, 4.69) is 55.2 Å². The third-order valence-corrected chi connectivity index (χ3v) is 3.99. The smallest absolute Gasteiger partial charge is 0.141 e. The molecule has 0 bridgehead atoms. The second kappa shape index (κ2) is 5.30. The molecular formula is C16H24N4O. The van der Waals surface area contributed by atoms with Crippen LogP contribution in [-0.2, 0) is 18.6 Å². The van der Waals surface area contributed by atoms with Crippen molar-refractivity contribution >= 4 is 0 Å². The zero-order chi connectivity index (χ0) is 15.0. The molecule has 5 nitrogen and oxygen atoms in total. The number of nitrogens with zero attached hydrogens (tertiary/aromatic N) is 3. The molecule has 0 radical (unpaired) electrons. The molecule has 2 heterocycles. The minimum atomic E-state index is -0.0481. The average Bonchev–Trinajstić information content (AvgIpc) is 2.84. The van der Waals surface area contributed by atoms with Gasteiger partial charge in [-0.2, -0.15) is 5.10 Å². The lowest BCUT2D eigenvalue weighted by Gasteiger charge is -2.21. The van der Waals surface area contributed by atoms with Crippen molar-refractivity contribution in [3.05, 3.63) is 35.8 Å². The van der Waals surface area contributed by atoms with E-state index in [1.54, 1.807) is 6.33 Å². The lowest BCUT2D eigenvalue weighted by Crippen LogP contribution is -2.28. The number of hydrogen-bond donors (Lipinski definition) is 1. The van der Waals surface area contributed by atoms with Crippen LogP contribution < -0.4 is 5.32 Å². The van der Waals surface area contributed by atoms with E-state index in [1.807, 2.05) is 4.68 Å². The molecule has 2 aromatic rings. The molecule has 1 saturated carbocycles. The Balaban J connectivity index is 1.54. The van der Waals surface area contributed by atoms with Gasteiger partial charge in [0.1, 0.15) is 23.7 Å². The Labute approximate surface area is 125 Å². The predicted octanol–water partition coefficient (Wildman–Crippen LogP) is 3.04. The summed E-state index contributed by atoms with van der Waals surface area (Å²) in [6, 6.07) is 4.19. The molecule has 0 spiro atoms. The third kappa shape index (κ3) is 3.18. The van der Waals surface area contributed by atoms with E-state index in [0.717, 1.165) is 29.8 Å². The molecule has 21 heavy (non-hydrogen) atoms. The maximum Gasteiger partial charge on any atom is 0.141 e. The first kappa shape index (κ1) is 14.3. The predicted molar refractivity (Wildman–Crippen MR) is 80.8 cm³/mol. The molecule has 0 saturated heterocycles. The van der Waals surface area contributed by atoms with Gasteiger partial charge in [-0.1, -0.05) is 6.92 Å². The SMILES string of the molecule is CC1CC1c1ccc(CNCc2ncnn2C(C)(C)C)o1. The summed E-state index contributed by atoms with van der Waals surface area (Å²) in [5.74, 6) is 4.50. The Bertz CT molecular complexity index is 608. The standard InChI is InChI=1S/C16H24N4O/c1-11-7-13(11)14-6-5-12(21-14)8-17-9-15-18-10-19-20(15)16(2,3)4/h5-6,10-11,13,17H,7-9H2,1-4H3. The van der Waals surface area contributed by atoms with E-state index < -0.39 is 0 Å². The van der Waals surface area contributed by atoms with E-state index in [4.69, 9.17) is 4.42 Å². The second-order valence-electron chi connectivity index (χ2n) is 6.99. The highest BCUT2D eigenvalue weighted by molar-refractivity contribution is 5.17. The molecule has 0 amide bonds. The Hall–Kier alpha value is -1.62. The Morgan fingerprint density at radius 1 is 1.33 bits per heavy atom. The molecule has 2 aromatic heterocycles. The van der Waals surface area contributed by atoms with Gasteiger partial charge in [-0.15, -0.1) is 0 Å². The molecule has 5 heteroatoms. The number of aromatic nitrogens is 3. The summed E-state index contributed by atoms with van der Waals surface area (Å²) in [5.41, 5.74) is -0.0481. The summed E-state index contributed by atoms with van der Waals surface area (Å²) < 4.78 is 7.85.